The van der Waals surface area contributed by atoms with Crippen molar-refractivity contribution in [3.8, 4) is 5.69 Å². The lowest BCUT2D eigenvalue weighted by atomic mass is 10.1. The maximum Gasteiger partial charge on any atom is 0.282 e. The summed E-state index contributed by atoms with van der Waals surface area (Å²) in [5, 5.41) is 2.52. The van der Waals surface area contributed by atoms with E-state index in [9.17, 15) is 0 Å². The van der Waals surface area contributed by atoms with Crippen molar-refractivity contribution < 1.29 is 9.05 Å². The lowest BCUT2D eigenvalue weighted by Crippen LogP contribution is -2.44. The maximum absolute atomic E-state index is 2.65. The van der Waals surface area contributed by atoms with Crippen molar-refractivity contribution in [3.63, 3.8) is 0 Å². The molecule has 0 amide bonds. The van der Waals surface area contributed by atoms with Crippen molar-refractivity contribution in [1.82, 2.24) is 0 Å². The number of rotatable bonds is 12. The minimum atomic E-state index is 0.976. The maximum atomic E-state index is 2.65. The fraction of sp³-hybridized carbons (Fsp3) is 0.275. The number of quaternary nitrogens is 1. The number of fused-ring (bicyclic) bond motifs is 2. The van der Waals surface area contributed by atoms with Gasteiger partial charge in [-0.1, -0.05) is 104 Å². The molecule has 4 aromatic carbocycles. The van der Waals surface area contributed by atoms with E-state index in [0.29, 0.717) is 0 Å². The Balaban J connectivity index is 1.40. The number of hydrogen-bond acceptors (Lipinski definition) is 3. The van der Waals surface area contributed by atoms with Crippen LogP contribution in [0.4, 0.5) is 11.5 Å². The molecule has 5 heteroatoms. The standard InChI is InChI=1S/C40H46N4S/c1-5-6-26-42(27-17-28-44(3,4)31-32-18-9-7-10-19-32)39-29-33(30-40-41(2)37-24-15-16-25-38(37)45-40)35-22-13-14-23-36(35)43(39)34-20-11-8-12-21-34/h7-16,18-25,29-30H,5-6,17,26-28,31H2,1-4H3/q+2. The summed E-state index contributed by atoms with van der Waals surface area (Å²) in [6.07, 6.45) is 5.84. The van der Waals surface area contributed by atoms with Gasteiger partial charge in [-0.2, -0.15) is 4.57 Å². The summed E-state index contributed by atoms with van der Waals surface area (Å²) >= 11 is 1.86. The Morgan fingerprint density at radius 1 is 0.800 bits per heavy atom. The van der Waals surface area contributed by atoms with Crippen LogP contribution in [0.1, 0.15) is 37.3 Å². The number of para-hydroxylation sites is 3. The van der Waals surface area contributed by atoms with Crippen molar-refractivity contribution in [2.24, 2.45) is 0 Å². The molecule has 230 valence electrons. The van der Waals surface area contributed by atoms with Gasteiger partial charge < -0.3 is 9.38 Å². The van der Waals surface area contributed by atoms with Crippen LogP contribution in [-0.4, -0.2) is 45.3 Å². The van der Waals surface area contributed by atoms with E-state index in [1.54, 1.807) is 0 Å². The molecule has 2 heterocycles. The summed E-state index contributed by atoms with van der Waals surface area (Å²) in [5.41, 5.74) is 6.37. The Kier molecular flexibility index (Phi) is 9.58. The van der Waals surface area contributed by atoms with E-state index in [1.165, 1.54) is 55.6 Å². The molecule has 0 saturated heterocycles. The summed E-state index contributed by atoms with van der Waals surface area (Å²) < 4.78 is 3.46. The van der Waals surface area contributed by atoms with Crippen LogP contribution in [0.3, 0.4) is 0 Å². The molecule has 45 heavy (non-hydrogen) atoms. The number of unbranched alkanes of at least 4 members (excludes halogenated alkanes) is 1. The molecule has 0 bridgehead atoms. The van der Waals surface area contributed by atoms with E-state index < -0.39 is 0 Å². The van der Waals surface area contributed by atoms with Crippen molar-refractivity contribution >= 4 is 40.2 Å². The molecular weight excluding hydrogens is 569 g/mol. The third kappa shape index (κ3) is 7.11. The Morgan fingerprint density at radius 3 is 2.22 bits per heavy atom. The van der Waals surface area contributed by atoms with E-state index in [-0.39, 0.29) is 0 Å². The Morgan fingerprint density at radius 2 is 1.47 bits per heavy atom. The molecule has 0 unspecified atom stereocenters. The van der Waals surface area contributed by atoms with E-state index in [2.05, 4.69) is 164 Å². The molecule has 1 aromatic heterocycles. The molecule has 0 fully saturated rings. The Labute approximate surface area is 273 Å². The quantitative estimate of drug-likeness (QED) is 0.103. The van der Waals surface area contributed by atoms with E-state index in [1.807, 2.05) is 11.8 Å². The van der Waals surface area contributed by atoms with Crippen LogP contribution in [0.2, 0.25) is 0 Å². The van der Waals surface area contributed by atoms with Gasteiger partial charge in [0, 0.05) is 35.4 Å². The van der Waals surface area contributed by atoms with Gasteiger partial charge in [0.1, 0.15) is 17.7 Å². The van der Waals surface area contributed by atoms with Gasteiger partial charge >= 0.3 is 0 Å². The second-order valence-electron chi connectivity index (χ2n) is 12.8. The van der Waals surface area contributed by atoms with Crippen molar-refractivity contribution in [2.75, 3.05) is 50.6 Å². The molecule has 0 N–H and O–H groups in total. The molecule has 5 aromatic rings. The highest BCUT2D eigenvalue weighted by Crippen LogP contribution is 2.45. The predicted octanol–water partition coefficient (Wildman–Crippen LogP) is 8.93. The van der Waals surface area contributed by atoms with Gasteiger partial charge in [-0.15, -0.1) is 0 Å². The first-order valence-corrected chi connectivity index (χ1v) is 17.1. The lowest BCUT2D eigenvalue weighted by Gasteiger charge is -2.30. The van der Waals surface area contributed by atoms with E-state index in [4.69, 9.17) is 0 Å². The highest BCUT2D eigenvalue weighted by atomic mass is 32.2. The smallest absolute Gasteiger partial charge is 0.282 e. The summed E-state index contributed by atoms with van der Waals surface area (Å²) in [7, 11) is 6.91. The number of thioether (sulfide) groups is 1. The number of aromatic nitrogens is 1. The summed E-state index contributed by atoms with van der Waals surface area (Å²) in [6.45, 7) is 6.50. The van der Waals surface area contributed by atoms with Crippen LogP contribution in [0.15, 0.2) is 125 Å². The summed E-state index contributed by atoms with van der Waals surface area (Å²) in [5.74, 6) is 1.26. The number of anilines is 2. The van der Waals surface area contributed by atoms with Gasteiger partial charge in [0.05, 0.1) is 44.4 Å². The second kappa shape index (κ2) is 13.9. The van der Waals surface area contributed by atoms with Gasteiger partial charge in [0.25, 0.3) is 5.82 Å². The minimum Gasteiger partial charge on any atom is -0.338 e. The lowest BCUT2D eigenvalue weighted by molar-refractivity contribution is -0.903. The first-order chi connectivity index (χ1) is 21.9. The van der Waals surface area contributed by atoms with Gasteiger partial charge in [-0.25, -0.2) is 0 Å². The van der Waals surface area contributed by atoms with Crippen LogP contribution in [0, 0.1) is 0 Å². The van der Waals surface area contributed by atoms with Crippen molar-refractivity contribution in [3.05, 3.63) is 131 Å². The highest BCUT2D eigenvalue weighted by molar-refractivity contribution is 8.03. The average Bonchev–Trinajstić information content (AvgIpc) is 3.37. The Hall–Kier alpha value is -4.06. The predicted molar refractivity (Wildman–Crippen MR) is 193 cm³/mol. The van der Waals surface area contributed by atoms with Gasteiger partial charge in [-0.3, -0.25) is 4.90 Å². The van der Waals surface area contributed by atoms with Gasteiger partial charge in [0.2, 0.25) is 0 Å². The second-order valence-corrected chi connectivity index (χ2v) is 13.8. The first-order valence-electron chi connectivity index (χ1n) is 16.3. The topological polar surface area (TPSA) is 10.4 Å². The van der Waals surface area contributed by atoms with Crippen LogP contribution in [0.5, 0.6) is 0 Å². The molecule has 1 aliphatic heterocycles. The van der Waals surface area contributed by atoms with Crippen molar-refractivity contribution in [1.29, 1.82) is 0 Å². The zero-order valence-corrected chi connectivity index (χ0v) is 28.0. The molecule has 0 radical (unpaired) electrons. The monoisotopic (exact) mass is 614 g/mol. The van der Waals surface area contributed by atoms with Crippen LogP contribution < -0.4 is 14.4 Å². The Bertz CT molecular complexity index is 1760. The molecule has 1 aliphatic rings. The van der Waals surface area contributed by atoms with Crippen LogP contribution in [0.25, 0.3) is 22.7 Å². The number of hydrogen-bond donors (Lipinski definition) is 0. The fourth-order valence-corrected chi connectivity index (χ4v) is 7.54. The molecule has 0 aliphatic carbocycles. The third-order valence-corrected chi connectivity index (χ3v) is 9.95. The molecule has 6 rings (SSSR count). The number of nitrogens with zero attached hydrogens (tertiary/aromatic N) is 4. The molecule has 0 spiro atoms. The summed E-state index contributed by atoms with van der Waals surface area (Å²) in [4.78, 5) is 6.29. The average molecular weight is 615 g/mol. The van der Waals surface area contributed by atoms with Crippen LogP contribution >= 0.6 is 11.8 Å². The van der Waals surface area contributed by atoms with Crippen molar-refractivity contribution in [2.45, 2.75) is 37.6 Å². The molecule has 0 saturated carbocycles. The van der Waals surface area contributed by atoms with E-state index >= 15 is 0 Å². The largest absolute Gasteiger partial charge is 0.338 e. The highest BCUT2D eigenvalue weighted by Gasteiger charge is 2.27. The first kappa shape index (κ1) is 30.9. The zero-order valence-electron chi connectivity index (χ0n) is 27.2. The number of pyridine rings is 1. The molecular formula is C40H46N4S+2. The third-order valence-electron chi connectivity index (χ3n) is 8.79. The van der Waals surface area contributed by atoms with Gasteiger partial charge in [-0.05, 0) is 48.4 Å². The minimum absolute atomic E-state index is 0.976. The summed E-state index contributed by atoms with van der Waals surface area (Å²) in [6, 6.07) is 41.8. The zero-order chi connectivity index (χ0) is 31.2. The SMILES string of the molecule is CCCCN(CCC[N+](C)(C)Cc1ccccc1)c1cc(C=C2Sc3ccccc3N2C)c2ccccc2[n+]1-c1ccccc1. The molecule has 0 atom stereocenters. The molecule has 4 nitrogen and oxygen atoms in total. The van der Waals surface area contributed by atoms with Gasteiger partial charge in [0.15, 0.2) is 0 Å². The van der Waals surface area contributed by atoms with E-state index in [0.717, 1.165) is 43.5 Å². The normalized spacial score (nSPS) is 13.9. The fourth-order valence-electron chi connectivity index (χ4n) is 6.43. The van der Waals surface area contributed by atoms with Crippen LogP contribution in [-0.2, 0) is 6.54 Å². The number of benzene rings is 4.